The van der Waals surface area contributed by atoms with E-state index in [2.05, 4.69) is 5.32 Å². The fourth-order valence-electron chi connectivity index (χ4n) is 2.28. The molecule has 0 aliphatic rings. The van der Waals surface area contributed by atoms with Gasteiger partial charge in [-0.15, -0.1) is 0 Å². The molecule has 0 aliphatic heterocycles. The van der Waals surface area contributed by atoms with Gasteiger partial charge in [-0.05, 0) is 48.4 Å². The molecule has 2 aromatic carbocycles. The van der Waals surface area contributed by atoms with E-state index in [9.17, 15) is 17.6 Å². The lowest BCUT2D eigenvalue weighted by Gasteiger charge is -2.18. The first-order valence-electron chi connectivity index (χ1n) is 7.77. The number of benzene rings is 2. The molecule has 1 atom stereocenters. The summed E-state index contributed by atoms with van der Waals surface area (Å²) in [6, 6.07) is 11.6. The van der Waals surface area contributed by atoms with E-state index in [1.165, 1.54) is 36.4 Å². The number of rotatable bonds is 7. The van der Waals surface area contributed by atoms with E-state index in [0.29, 0.717) is 12.2 Å². The van der Waals surface area contributed by atoms with Gasteiger partial charge >= 0.3 is 0 Å². The van der Waals surface area contributed by atoms with Gasteiger partial charge < -0.3 is 10.1 Å². The summed E-state index contributed by atoms with van der Waals surface area (Å²) in [6.07, 6.45) is 1.79. The number of carbonyl (C=O) groups excluding carboxylic acids is 1. The molecule has 0 radical (unpaired) electrons. The van der Waals surface area contributed by atoms with Crippen LogP contribution in [0.2, 0.25) is 0 Å². The highest BCUT2D eigenvalue weighted by Gasteiger charge is 2.14. The zero-order valence-electron chi connectivity index (χ0n) is 14.0. The molecule has 2 aromatic rings. The minimum absolute atomic E-state index is 0.191. The Morgan fingerprint density at radius 3 is 2.24 bits per heavy atom. The van der Waals surface area contributed by atoms with Crippen LogP contribution in [0.15, 0.2) is 53.4 Å². The van der Waals surface area contributed by atoms with Gasteiger partial charge in [-0.25, -0.2) is 12.8 Å². The number of hydrogen-bond acceptors (Lipinski definition) is 4. The second-order valence-corrected chi connectivity index (χ2v) is 7.63. The summed E-state index contributed by atoms with van der Waals surface area (Å²) < 4.78 is 41.1. The molecular weight excluding hydrogens is 345 g/mol. The van der Waals surface area contributed by atoms with Crippen LogP contribution >= 0.6 is 0 Å². The van der Waals surface area contributed by atoms with Crippen molar-refractivity contribution >= 4 is 15.7 Å². The van der Waals surface area contributed by atoms with Crippen molar-refractivity contribution < 1.29 is 22.3 Å². The number of ether oxygens (including phenoxy) is 1. The van der Waals surface area contributed by atoms with Crippen LogP contribution in [0.1, 0.15) is 24.9 Å². The van der Waals surface area contributed by atoms with Crippen molar-refractivity contribution in [2.24, 2.45) is 0 Å². The highest BCUT2D eigenvalue weighted by Crippen LogP contribution is 2.19. The maximum atomic E-state index is 12.8. The van der Waals surface area contributed by atoms with Crippen molar-refractivity contribution in [2.75, 3.05) is 12.9 Å². The molecule has 0 aliphatic carbocycles. The van der Waals surface area contributed by atoms with Crippen LogP contribution in [0.5, 0.6) is 5.75 Å². The number of halogens is 1. The van der Waals surface area contributed by atoms with Gasteiger partial charge in [0.2, 0.25) is 0 Å². The van der Waals surface area contributed by atoms with E-state index >= 15 is 0 Å². The molecule has 0 unspecified atom stereocenters. The average molecular weight is 365 g/mol. The Morgan fingerprint density at radius 2 is 1.72 bits per heavy atom. The Labute approximate surface area is 146 Å². The van der Waals surface area contributed by atoms with Gasteiger partial charge in [-0.1, -0.05) is 19.1 Å². The summed E-state index contributed by atoms with van der Waals surface area (Å²) in [4.78, 5) is 12.3. The summed E-state index contributed by atoms with van der Waals surface area (Å²) in [6.45, 7) is 1.72. The van der Waals surface area contributed by atoms with Crippen molar-refractivity contribution in [2.45, 2.75) is 24.3 Å². The van der Waals surface area contributed by atoms with Crippen molar-refractivity contribution in [1.29, 1.82) is 0 Å². The molecule has 0 bridgehead atoms. The number of carbonyl (C=O) groups is 1. The third kappa shape index (κ3) is 5.56. The number of sulfone groups is 1. The first-order chi connectivity index (χ1) is 11.8. The molecule has 0 aromatic heterocycles. The Hall–Kier alpha value is -2.41. The number of amides is 1. The van der Waals surface area contributed by atoms with Crippen molar-refractivity contribution in [3.8, 4) is 5.75 Å². The Balaban J connectivity index is 1.96. The quantitative estimate of drug-likeness (QED) is 0.819. The monoisotopic (exact) mass is 365 g/mol. The van der Waals surface area contributed by atoms with Crippen LogP contribution < -0.4 is 10.1 Å². The van der Waals surface area contributed by atoms with E-state index in [0.717, 1.165) is 11.8 Å². The zero-order valence-corrected chi connectivity index (χ0v) is 14.8. The first kappa shape index (κ1) is 18.9. The molecule has 7 heteroatoms. The molecule has 0 saturated heterocycles. The van der Waals surface area contributed by atoms with Crippen LogP contribution in [0.3, 0.4) is 0 Å². The normalized spacial score (nSPS) is 12.4. The molecule has 0 spiro atoms. The molecule has 0 fully saturated rings. The van der Waals surface area contributed by atoms with Gasteiger partial charge in [0, 0.05) is 6.26 Å². The summed E-state index contributed by atoms with van der Waals surface area (Å²) in [5, 5.41) is 2.84. The smallest absolute Gasteiger partial charge is 0.258 e. The van der Waals surface area contributed by atoms with E-state index in [-0.39, 0.29) is 29.3 Å². The van der Waals surface area contributed by atoms with E-state index < -0.39 is 9.84 Å². The van der Waals surface area contributed by atoms with Gasteiger partial charge in [0.25, 0.3) is 5.91 Å². The molecule has 25 heavy (non-hydrogen) atoms. The van der Waals surface area contributed by atoms with Gasteiger partial charge in [0.1, 0.15) is 11.6 Å². The summed E-state index contributed by atoms with van der Waals surface area (Å²) in [5.74, 6) is -0.286. The molecule has 0 saturated carbocycles. The number of nitrogens with one attached hydrogen (secondary N) is 1. The highest BCUT2D eigenvalue weighted by molar-refractivity contribution is 7.90. The standard InChI is InChI=1S/C18H20FNO4S/c1-3-17(13-4-10-16(11-5-13)25(2,22)23)20-18(21)12-24-15-8-6-14(19)7-9-15/h4-11,17H,3,12H2,1-2H3,(H,20,21)/t17-/m1/s1. The predicted molar refractivity (Wildman–Crippen MR) is 92.6 cm³/mol. The Kier molecular flexibility index (Phi) is 6.14. The second kappa shape index (κ2) is 8.11. The minimum Gasteiger partial charge on any atom is -0.484 e. The topological polar surface area (TPSA) is 72.5 Å². The SMILES string of the molecule is CC[C@@H](NC(=O)COc1ccc(F)cc1)c1ccc(S(C)(=O)=O)cc1. The fraction of sp³-hybridized carbons (Fsp3) is 0.278. The average Bonchev–Trinajstić information content (AvgIpc) is 2.58. The molecule has 2 rings (SSSR count). The van der Waals surface area contributed by atoms with Gasteiger partial charge in [0.15, 0.2) is 16.4 Å². The first-order valence-corrected chi connectivity index (χ1v) is 9.66. The van der Waals surface area contributed by atoms with Gasteiger partial charge in [-0.3, -0.25) is 4.79 Å². The molecule has 5 nitrogen and oxygen atoms in total. The van der Waals surface area contributed by atoms with Crippen LogP contribution in [0, 0.1) is 5.82 Å². The van der Waals surface area contributed by atoms with E-state index in [1.54, 1.807) is 12.1 Å². The van der Waals surface area contributed by atoms with E-state index in [4.69, 9.17) is 4.74 Å². The number of hydrogen-bond donors (Lipinski definition) is 1. The minimum atomic E-state index is -3.25. The molecular formula is C18H20FNO4S. The lowest BCUT2D eigenvalue weighted by Crippen LogP contribution is -2.32. The van der Waals surface area contributed by atoms with Crippen LogP contribution in [-0.2, 0) is 14.6 Å². The molecule has 1 N–H and O–H groups in total. The predicted octanol–water partition coefficient (Wildman–Crippen LogP) is 2.88. The third-order valence-electron chi connectivity index (χ3n) is 3.64. The second-order valence-electron chi connectivity index (χ2n) is 5.61. The lowest BCUT2D eigenvalue weighted by atomic mass is 10.0. The van der Waals surface area contributed by atoms with Crippen LogP contribution in [0.4, 0.5) is 4.39 Å². The Morgan fingerprint density at radius 1 is 1.12 bits per heavy atom. The maximum absolute atomic E-state index is 12.8. The van der Waals surface area contributed by atoms with Crippen LogP contribution in [0.25, 0.3) is 0 Å². The third-order valence-corrected chi connectivity index (χ3v) is 4.77. The summed E-state index contributed by atoms with van der Waals surface area (Å²) in [5.41, 5.74) is 0.810. The van der Waals surface area contributed by atoms with Gasteiger partial charge in [0.05, 0.1) is 10.9 Å². The molecule has 134 valence electrons. The fourth-order valence-corrected chi connectivity index (χ4v) is 2.91. The van der Waals surface area contributed by atoms with Crippen LogP contribution in [-0.4, -0.2) is 27.2 Å². The van der Waals surface area contributed by atoms with Crippen molar-refractivity contribution in [1.82, 2.24) is 5.32 Å². The molecule has 1 amide bonds. The summed E-state index contributed by atoms with van der Waals surface area (Å²) >= 11 is 0. The molecule has 0 heterocycles. The summed E-state index contributed by atoms with van der Waals surface area (Å²) in [7, 11) is -3.25. The largest absolute Gasteiger partial charge is 0.484 e. The highest BCUT2D eigenvalue weighted by atomic mass is 32.2. The van der Waals surface area contributed by atoms with E-state index in [1.807, 2.05) is 6.92 Å². The van der Waals surface area contributed by atoms with Crippen molar-refractivity contribution in [3.05, 3.63) is 59.9 Å². The zero-order chi connectivity index (χ0) is 18.4. The maximum Gasteiger partial charge on any atom is 0.258 e. The van der Waals surface area contributed by atoms with Gasteiger partial charge in [-0.2, -0.15) is 0 Å². The lowest BCUT2D eigenvalue weighted by molar-refractivity contribution is -0.123. The Bertz CT molecular complexity index is 817. The van der Waals surface area contributed by atoms with Crippen molar-refractivity contribution in [3.63, 3.8) is 0 Å².